The van der Waals surface area contributed by atoms with E-state index in [1.807, 2.05) is 0 Å². The molecule has 16 heavy (non-hydrogen) atoms. The van der Waals surface area contributed by atoms with Gasteiger partial charge < -0.3 is 25.7 Å². The number of hydrogen-bond acceptors (Lipinski definition) is 5. The Morgan fingerprint density at radius 1 is 1.19 bits per heavy atom. The van der Waals surface area contributed by atoms with Crippen LogP contribution in [0.1, 0.15) is 19.8 Å². The minimum atomic E-state index is -2.27. The number of nitrogens with one attached hydrogen (secondary N) is 1. The number of carboxylic acid groups (broad SMARTS) is 2. The van der Waals surface area contributed by atoms with Gasteiger partial charge in [0.25, 0.3) is 0 Å². The second-order valence-electron chi connectivity index (χ2n) is 3.56. The number of carbonyl (C=O) groups is 2. The van der Waals surface area contributed by atoms with E-state index in [0.717, 1.165) is 6.04 Å². The first-order valence-corrected chi connectivity index (χ1v) is 4.91. The van der Waals surface area contributed by atoms with Gasteiger partial charge in [-0.1, -0.05) is 0 Å². The Kier molecular flexibility index (Phi) is 6.63. The average Bonchev–Trinajstić information content (AvgIpc) is 2.67. The van der Waals surface area contributed by atoms with E-state index in [9.17, 15) is 9.59 Å². The van der Waals surface area contributed by atoms with Crippen LogP contribution in [0.4, 0.5) is 0 Å². The highest BCUT2D eigenvalue weighted by atomic mass is 16.4. The first kappa shape index (κ1) is 14.8. The Morgan fingerprint density at radius 2 is 1.62 bits per heavy atom. The van der Waals surface area contributed by atoms with Crippen molar-refractivity contribution in [2.24, 2.45) is 0 Å². The van der Waals surface area contributed by atoms with Crippen molar-refractivity contribution in [3.63, 3.8) is 0 Å². The summed E-state index contributed by atoms with van der Waals surface area (Å²) in [5.74, 6) is -3.54. The molecule has 1 saturated heterocycles. The van der Waals surface area contributed by atoms with Gasteiger partial charge in [0.15, 0.2) is 12.2 Å². The maximum Gasteiger partial charge on any atom is 0.335 e. The topological polar surface area (TPSA) is 127 Å². The van der Waals surface area contributed by atoms with Gasteiger partial charge in [0.2, 0.25) is 0 Å². The van der Waals surface area contributed by atoms with Crippen LogP contribution in [0.25, 0.3) is 0 Å². The quantitative estimate of drug-likeness (QED) is 0.408. The smallest absolute Gasteiger partial charge is 0.335 e. The third kappa shape index (κ3) is 5.64. The summed E-state index contributed by atoms with van der Waals surface area (Å²) in [6.45, 7) is 3.47. The van der Waals surface area contributed by atoms with Crippen LogP contribution in [0.2, 0.25) is 0 Å². The van der Waals surface area contributed by atoms with Crippen LogP contribution >= 0.6 is 0 Å². The molecule has 1 fully saturated rings. The summed E-state index contributed by atoms with van der Waals surface area (Å²) in [5.41, 5.74) is 0. The molecule has 0 unspecified atom stereocenters. The van der Waals surface area contributed by atoms with Crippen molar-refractivity contribution >= 4 is 11.9 Å². The Bertz CT molecular complexity index is 220. The van der Waals surface area contributed by atoms with Crippen LogP contribution < -0.4 is 5.32 Å². The van der Waals surface area contributed by atoms with Crippen LogP contribution in [-0.2, 0) is 9.59 Å². The van der Waals surface area contributed by atoms with Crippen molar-refractivity contribution in [3.05, 3.63) is 0 Å². The zero-order valence-corrected chi connectivity index (χ0v) is 8.96. The molecule has 3 atom stereocenters. The lowest BCUT2D eigenvalue weighted by molar-refractivity contribution is -0.165. The average molecular weight is 235 g/mol. The minimum absolute atomic E-state index is 0.796. The highest BCUT2D eigenvalue weighted by Crippen LogP contribution is 2.01. The molecule has 0 bridgehead atoms. The summed E-state index contributed by atoms with van der Waals surface area (Å²) in [4.78, 5) is 19.5. The lowest BCUT2D eigenvalue weighted by atomic mass is 10.2. The van der Waals surface area contributed by atoms with Crippen molar-refractivity contribution in [2.45, 2.75) is 38.0 Å². The molecule has 1 rings (SSSR count). The molecule has 5 N–H and O–H groups in total. The highest BCUT2D eigenvalue weighted by Gasteiger charge is 2.29. The van der Waals surface area contributed by atoms with Crippen LogP contribution in [0.15, 0.2) is 0 Å². The number of rotatable bonds is 3. The lowest BCUT2D eigenvalue weighted by Crippen LogP contribution is -2.39. The minimum Gasteiger partial charge on any atom is -0.479 e. The molecule has 1 heterocycles. The van der Waals surface area contributed by atoms with Gasteiger partial charge in [0, 0.05) is 6.04 Å². The zero-order valence-electron chi connectivity index (χ0n) is 8.96. The monoisotopic (exact) mass is 235 g/mol. The van der Waals surface area contributed by atoms with Crippen molar-refractivity contribution in [2.75, 3.05) is 6.54 Å². The van der Waals surface area contributed by atoms with Crippen LogP contribution in [0.3, 0.4) is 0 Å². The fraction of sp³-hybridized carbons (Fsp3) is 0.778. The predicted molar refractivity (Wildman–Crippen MR) is 54.0 cm³/mol. The molecule has 0 spiro atoms. The summed E-state index contributed by atoms with van der Waals surface area (Å²) >= 11 is 0. The molecule has 0 radical (unpaired) electrons. The second kappa shape index (κ2) is 7.15. The van der Waals surface area contributed by atoms with Crippen molar-refractivity contribution in [3.8, 4) is 0 Å². The molecule has 94 valence electrons. The summed E-state index contributed by atoms with van der Waals surface area (Å²) in [7, 11) is 0. The molecule has 0 aromatic rings. The van der Waals surface area contributed by atoms with Gasteiger partial charge in [-0.2, -0.15) is 0 Å². The molecule has 0 amide bonds. The molecule has 7 nitrogen and oxygen atoms in total. The molecular weight excluding hydrogens is 218 g/mol. The maximum absolute atomic E-state index is 9.77. The maximum atomic E-state index is 9.77. The SMILES string of the molecule is C[C@@H]1CCCN1.O=C(O)[C@H](O)[C@@H](O)C(=O)O. The van der Waals surface area contributed by atoms with E-state index in [2.05, 4.69) is 12.2 Å². The summed E-state index contributed by atoms with van der Waals surface area (Å²) in [5, 5.41) is 35.8. The van der Waals surface area contributed by atoms with Gasteiger partial charge in [-0.05, 0) is 26.3 Å². The normalized spacial score (nSPS) is 22.8. The molecule has 0 aliphatic carbocycles. The lowest BCUT2D eigenvalue weighted by Gasteiger charge is -2.07. The van der Waals surface area contributed by atoms with E-state index in [-0.39, 0.29) is 0 Å². The van der Waals surface area contributed by atoms with Gasteiger partial charge in [0.1, 0.15) is 0 Å². The van der Waals surface area contributed by atoms with Gasteiger partial charge in [0.05, 0.1) is 0 Å². The molecule has 0 saturated carbocycles. The first-order valence-electron chi connectivity index (χ1n) is 4.91. The Morgan fingerprint density at radius 3 is 1.75 bits per heavy atom. The van der Waals surface area contributed by atoms with Gasteiger partial charge >= 0.3 is 11.9 Å². The summed E-state index contributed by atoms with van der Waals surface area (Å²) in [6, 6.07) is 0.796. The van der Waals surface area contributed by atoms with Gasteiger partial charge in [-0.15, -0.1) is 0 Å². The fourth-order valence-corrected chi connectivity index (χ4v) is 1.13. The van der Waals surface area contributed by atoms with E-state index in [1.165, 1.54) is 19.4 Å². The summed E-state index contributed by atoms with van der Waals surface area (Å²) < 4.78 is 0. The number of aliphatic hydroxyl groups is 2. The first-order chi connectivity index (χ1) is 7.36. The van der Waals surface area contributed by atoms with Crippen molar-refractivity contribution in [1.82, 2.24) is 5.32 Å². The van der Waals surface area contributed by atoms with Crippen molar-refractivity contribution in [1.29, 1.82) is 0 Å². The fourth-order valence-electron chi connectivity index (χ4n) is 1.13. The van der Waals surface area contributed by atoms with Gasteiger partial charge in [-0.25, -0.2) is 9.59 Å². The third-order valence-corrected chi connectivity index (χ3v) is 2.11. The molecule has 1 aliphatic heterocycles. The van der Waals surface area contributed by atoms with Crippen LogP contribution in [0.5, 0.6) is 0 Å². The number of aliphatic carboxylic acids is 2. The molecule has 1 aliphatic rings. The predicted octanol–water partition coefficient (Wildman–Crippen LogP) is -1.36. The van der Waals surface area contributed by atoms with Crippen LogP contribution in [0, 0.1) is 0 Å². The standard InChI is InChI=1S/C5H11N.C4H6O6/c1-5-3-2-4-6-5;5-1(3(7)8)2(6)4(9)10/h5-6H,2-4H2,1H3;1-2,5-6H,(H,7,8)(H,9,10)/t5-;1-,2-/m11/s1. The molecule has 0 aromatic heterocycles. The van der Waals surface area contributed by atoms with Crippen LogP contribution in [-0.4, -0.2) is 57.2 Å². The van der Waals surface area contributed by atoms with Crippen molar-refractivity contribution < 1.29 is 30.0 Å². The van der Waals surface area contributed by atoms with Gasteiger partial charge in [-0.3, -0.25) is 0 Å². The highest BCUT2D eigenvalue weighted by molar-refractivity contribution is 5.83. The largest absolute Gasteiger partial charge is 0.479 e. The van der Waals surface area contributed by atoms with E-state index in [0.29, 0.717) is 0 Å². The van der Waals surface area contributed by atoms with E-state index in [1.54, 1.807) is 0 Å². The molecular formula is C9H17NO6. The number of aliphatic hydroxyl groups excluding tert-OH is 2. The third-order valence-electron chi connectivity index (χ3n) is 2.11. The number of carboxylic acids is 2. The zero-order chi connectivity index (χ0) is 12.7. The molecule has 7 heteroatoms. The van der Waals surface area contributed by atoms with E-state index in [4.69, 9.17) is 20.4 Å². The second-order valence-corrected chi connectivity index (χ2v) is 3.56. The van der Waals surface area contributed by atoms with E-state index >= 15 is 0 Å². The number of hydrogen-bond donors (Lipinski definition) is 5. The Hall–Kier alpha value is -1.18. The molecule has 0 aromatic carbocycles. The summed E-state index contributed by atoms with van der Waals surface area (Å²) in [6.07, 6.45) is -1.78. The Balaban J connectivity index is 0.000000315. The Labute approximate surface area is 92.7 Å². The van der Waals surface area contributed by atoms with E-state index < -0.39 is 24.1 Å².